The first-order chi connectivity index (χ1) is 10.1. The molecule has 1 heterocycles. The number of guanidine groups is 3. The third kappa shape index (κ3) is 2.69. The summed E-state index contributed by atoms with van der Waals surface area (Å²) in [5, 5.41) is 2.77. The van der Waals surface area contributed by atoms with Crippen LogP contribution in [-0.4, -0.2) is 31.4 Å². The Labute approximate surface area is 126 Å². The van der Waals surface area contributed by atoms with Crippen LogP contribution in [0.3, 0.4) is 0 Å². The molecule has 0 radical (unpaired) electrons. The summed E-state index contributed by atoms with van der Waals surface area (Å²) >= 11 is 0. The average Bonchev–Trinajstić information content (AvgIpc) is 2.37. The average molecular weight is 325 g/mol. The highest BCUT2D eigenvalue weighted by Crippen LogP contribution is 2.28. The van der Waals surface area contributed by atoms with Crippen LogP contribution in [0.5, 0.6) is 0 Å². The first-order valence-corrected chi connectivity index (χ1v) is 7.40. The number of benzene rings is 1. The molecule has 118 valence electrons. The summed E-state index contributed by atoms with van der Waals surface area (Å²) in [7, 11) is -4.42. The number of nitrogens with two attached hydrogens (primary N) is 5. The van der Waals surface area contributed by atoms with Gasteiger partial charge in [0.2, 0.25) is 11.9 Å². The number of hydrogen-bond donors (Lipinski definition) is 5. The van der Waals surface area contributed by atoms with E-state index in [1.54, 1.807) is 30.3 Å². The third-order valence-electron chi connectivity index (χ3n) is 2.67. The molecule has 2 rings (SSSR count). The predicted molar refractivity (Wildman–Crippen MR) is 83.8 cm³/mol. The van der Waals surface area contributed by atoms with E-state index in [0.29, 0.717) is 5.69 Å². The largest absolute Gasteiger partial charge is 0.370 e. The maximum absolute atomic E-state index is 12.0. The van der Waals surface area contributed by atoms with Gasteiger partial charge in [0, 0.05) is 5.69 Å². The Balaban J connectivity index is 2.74. The Morgan fingerprint density at radius 3 is 2.32 bits per heavy atom. The normalized spacial score (nSPS) is 21.8. The molecule has 1 aliphatic rings. The Hall–Kier alpha value is -2.70. The Bertz CT molecular complexity index is 767. The van der Waals surface area contributed by atoms with Gasteiger partial charge in [0.05, 0.1) is 0 Å². The highest BCUT2D eigenvalue weighted by atomic mass is 32.2. The molecule has 22 heavy (non-hydrogen) atoms. The summed E-state index contributed by atoms with van der Waals surface area (Å²) in [6.07, 6.45) is 0. The number of primary sulfonamides is 1. The van der Waals surface area contributed by atoms with Gasteiger partial charge in [0.25, 0.3) is 10.0 Å². The molecule has 0 bridgehead atoms. The number of aliphatic imine (C=N–C) groups is 3. The van der Waals surface area contributed by atoms with Gasteiger partial charge in [-0.05, 0) is 12.1 Å². The molecule has 11 nitrogen and oxygen atoms in total. The van der Waals surface area contributed by atoms with Gasteiger partial charge in [0.15, 0.2) is 5.96 Å². The van der Waals surface area contributed by atoms with Crippen LogP contribution in [0.1, 0.15) is 0 Å². The van der Waals surface area contributed by atoms with Crippen LogP contribution in [0, 0.1) is 0 Å². The van der Waals surface area contributed by atoms with Crippen molar-refractivity contribution in [2.45, 2.75) is 5.12 Å². The fourth-order valence-electron chi connectivity index (χ4n) is 1.79. The second-order valence-corrected chi connectivity index (χ2v) is 5.98. The fraction of sp³-hybridized carbons (Fsp3) is 0.100. The van der Waals surface area contributed by atoms with Gasteiger partial charge in [-0.1, -0.05) is 18.2 Å². The smallest absolute Gasteiger partial charge is 0.314 e. The van der Waals surface area contributed by atoms with E-state index < -0.39 is 21.1 Å². The summed E-state index contributed by atoms with van der Waals surface area (Å²) in [6.45, 7) is 0. The van der Waals surface area contributed by atoms with E-state index >= 15 is 0 Å². The summed E-state index contributed by atoms with van der Waals surface area (Å²) in [5.41, 5.74) is 22.3. The number of anilines is 1. The fourth-order valence-corrected chi connectivity index (χ4v) is 2.46. The van der Waals surface area contributed by atoms with Gasteiger partial charge in [-0.2, -0.15) is 15.0 Å². The quantitative estimate of drug-likeness (QED) is 0.287. The van der Waals surface area contributed by atoms with Crippen molar-refractivity contribution in [3.05, 3.63) is 30.3 Å². The first-order valence-electron chi connectivity index (χ1n) is 5.85. The molecule has 0 fully saturated rings. The second-order valence-electron chi connectivity index (χ2n) is 4.29. The Morgan fingerprint density at radius 1 is 1.23 bits per heavy atom. The molecular weight excluding hydrogens is 310 g/mol. The summed E-state index contributed by atoms with van der Waals surface area (Å²) < 4.78 is 23.9. The van der Waals surface area contributed by atoms with E-state index in [9.17, 15) is 8.42 Å². The highest BCUT2D eigenvalue weighted by molar-refractivity contribution is 7.90. The van der Waals surface area contributed by atoms with Crippen molar-refractivity contribution >= 4 is 33.6 Å². The van der Waals surface area contributed by atoms with Crippen LogP contribution >= 0.6 is 0 Å². The molecule has 0 saturated heterocycles. The number of nitrogens with zero attached hydrogens (tertiary/aromatic N) is 4. The molecule has 0 saturated carbocycles. The van der Waals surface area contributed by atoms with Gasteiger partial charge in [-0.15, -0.1) is 0 Å². The summed E-state index contributed by atoms with van der Waals surface area (Å²) in [5.74, 6) is -1.05. The van der Waals surface area contributed by atoms with Gasteiger partial charge < -0.3 is 17.2 Å². The molecule has 1 unspecified atom stereocenters. The molecule has 0 aliphatic carbocycles. The topological polar surface area (TPSA) is 205 Å². The lowest BCUT2D eigenvalue weighted by molar-refractivity contribution is 0.529. The van der Waals surface area contributed by atoms with Gasteiger partial charge in [0.1, 0.15) is 0 Å². The van der Waals surface area contributed by atoms with Crippen LogP contribution in [0.25, 0.3) is 0 Å². The van der Waals surface area contributed by atoms with Gasteiger partial charge in [-0.3, -0.25) is 10.6 Å². The number of sulfonamides is 1. The molecule has 1 aliphatic heterocycles. The number of para-hydroxylation sites is 1. The van der Waals surface area contributed by atoms with Crippen molar-refractivity contribution in [1.82, 2.24) is 0 Å². The lowest BCUT2D eigenvalue weighted by Gasteiger charge is -2.38. The molecule has 10 N–H and O–H groups in total. The molecule has 12 heteroatoms. The summed E-state index contributed by atoms with van der Waals surface area (Å²) in [6, 6.07) is 8.13. The molecular formula is C10H15N9O2S. The maximum atomic E-state index is 12.0. The summed E-state index contributed by atoms with van der Waals surface area (Å²) in [4.78, 5) is 12.2. The standard InChI is InChI=1S/C10H15N9O2S/c11-7(12)16-9-17-8(13)18-10(14,22(15,20)21)19(9)6-4-2-1-3-5-6/h1-5H,14H2,(H2,15,20,21)(H6,11,12,13,16,17,18). The van der Waals surface area contributed by atoms with Gasteiger partial charge in [-0.25, -0.2) is 13.6 Å². The van der Waals surface area contributed by atoms with Crippen LogP contribution < -0.4 is 33.0 Å². The minimum Gasteiger partial charge on any atom is -0.370 e. The highest BCUT2D eigenvalue weighted by Gasteiger charge is 2.49. The van der Waals surface area contributed by atoms with E-state index in [0.717, 1.165) is 4.90 Å². The first kappa shape index (κ1) is 15.7. The number of hydrogen-bond acceptors (Lipinski definition) is 8. The van der Waals surface area contributed by atoms with Crippen molar-refractivity contribution in [1.29, 1.82) is 0 Å². The molecule has 1 atom stereocenters. The van der Waals surface area contributed by atoms with Crippen LogP contribution in [-0.2, 0) is 10.0 Å². The Kier molecular flexibility index (Phi) is 3.74. The van der Waals surface area contributed by atoms with E-state index in [2.05, 4.69) is 15.0 Å². The lowest BCUT2D eigenvalue weighted by atomic mass is 10.3. The zero-order chi connectivity index (χ0) is 16.5. The second kappa shape index (κ2) is 5.25. The van der Waals surface area contributed by atoms with Crippen LogP contribution in [0.15, 0.2) is 45.3 Å². The predicted octanol–water partition coefficient (Wildman–Crippen LogP) is -2.69. The molecule has 1 aromatic carbocycles. The van der Waals surface area contributed by atoms with Crippen molar-refractivity contribution in [3.8, 4) is 0 Å². The van der Waals surface area contributed by atoms with E-state index in [-0.39, 0.29) is 11.9 Å². The molecule has 0 aromatic heterocycles. The Morgan fingerprint density at radius 2 is 1.82 bits per heavy atom. The lowest BCUT2D eigenvalue weighted by Crippen LogP contribution is -2.66. The maximum Gasteiger partial charge on any atom is 0.314 e. The van der Waals surface area contributed by atoms with Crippen molar-refractivity contribution < 1.29 is 8.42 Å². The zero-order valence-electron chi connectivity index (χ0n) is 11.3. The van der Waals surface area contributed by atoms with Crippen molar-refractivity contribution in [2.24, 2.45) is 43.1 Å². The van der Waals surface area contributed by atoms with E-state index in [1.165, 1.54) is 0 Å². The van der Waals surface area contributed by atoms with Gasteiger partial charge >= 0.3 is 5.12 Å². The molecule has 0 amide bonds. The molecule has 1 aromatic rings. The van der Waals surface area contributed by atoms with Crippen LogP contribution in [0.4, 0.5) is 5.69 Å². The van der Waals surface area contributed by atoms with Crippen molar-refractivity contribution in [3.63, 3.8) is 0 Å². The monoisotopic (exact) mass is 325 g/mol. The van der Waals surface area contributed by atoms with E-state index in [1.807, 2.05) is 0 Å². The minimum atomic E-state index is -4.42. The SMILES string of the molecule is NC(N)=NC1=NC(N)=NC(N)(S(N)(=O)=O)N1c1ccccc1. The third-order valence-corrected chi connectivity index (χ3v) is 3.78. The van der Waals surface area contributed by atoms with Crippen LogP contribution in [0.2, 0.25) is 0 Å². The van der Waals surface area contributed by atoms with Crippen molar-refractivity contribution in [2.75, 3.05) is 4.90 Å². The number of rotatable bonds is 2. The minimum absolute atomic E-state index is 0.254. The molecule has 0 spiro atoms. The van der Waals surface area contributed by atoms with E-state index in [4.69, 9.17) is 28.1 Å². The zero-order valence-corrected chi connectivity index (χ0v) is 12.1.